The van der Waals surface area contributed by atoms with Gasteiger partial charge in [0.2, 0.25) is 5.78 Å². The molecule has 0 amide bonds. The smallest absolute Gasteiger partial charge is 0.230 e. The van der Waals surface area contributed by atoms with Crippen LogP contribution < -0.4 is 5.73 Å². The van der Waals surface area contributed by atoms with E-state index in [9.17, 15) is 4.79 Å². The maximum atomic E-state index is 12.3. The van der Waals surface area contributed by atoms with Crippen LogP contribution in [0.4, 0.5) is 5.69 Å². The largest absolute Gasteiger partial charge is 0.455 e. The molecule has 4 nitrogen and oxygen atoms in total. The third kappa shape index (κ3) is 2.28. The fourth-order valence-corrected chi connectivity index (χ4v) is 1.84. The summed E-state index contributed by atoms with van der Waals surface area (Å²) in [5.74, 6) is 0.698. The molecule has 2 aromatic rings. The number of aryl methyl sites for hydroxylation is 1. The minimum absolute atomic E-state index is 0.201. The van der Waals surface area contributed by atoms with Gasteiger partial charge in [0.1, 0.15) is 12.4 Å². The Morgan fingerprint density at radius 1 is 1.33 bits per heavy atom. The molecule has 0 aliphatic heterocycles. The quantitative estimate of drug-likeness (QED) is 0.664. The molecule has 0 spiro atoms. The normalized spacial score (nSPS) is 10.6. The zero-order valence-corrected chi connectivity index (χ0v) is 10.4. The maximum absolute atomic E-state index is 12.3. The van der Waals surface area contributed by atoms with Crippen molar-refractivity contribution in [2.24, 2.45) is 0 Å². The molecule has 2 rings (SSSR count). The SMILES string of the molecule is COCc1ccc(C(=O)c2c(C)cccc2N)o1. The summed E-state index contributed by atoms with van der Waals surface area (Å²) in [5, 5.41) is 0. The number of benzene rings is 1. The number of nitrogen functional groups attached to an aromatic ring is 1. The van der Waals surface area contributed by atoms with Gasteiger partial charge in [-0.2, -0.15) is 0 Å². The number of anilines is 1. The third-order valence-corrected chi connectivity index (χ3v) is 2.70. The first kappa shape index (κ1) is 12.4. The Bertz CT molecular complexity index is 552. The van der Waals surface area contributed by atoms with Gasteiger partial charge in [0.05, 0.1) is 5.56 Å². The van der Waals surface area contributed by atoms with Crippen LogP contribution in [-0.4, -0.2) is 12.9 Å². The van der Waals surface area contributed by atoms with Crippen molar-refractivity contribution in [1.29, 1.82) is 0 Å². The first-order valence-corrected chi connectivity index (χ1v) is 5.61. The van der Waals surface area contributed by atoms with E-state index in [0.29, 0.717) is 23.6 Å². The van der Waals surface area contributed by atoms with E-state index >= 15 is 0 Å². The summed E-state index contributed by atoms with van der Waals surface area (Å²) >= 11 is 0. The lowest BCUT2D eigenvalue weighted by molar-refractivity contribution is 0.1000. The zero-order chi connectivity index (χ0) is 13.1. The van der Waals surface area contributed by atoms with E-state index in [2.05, 4.69) is 0 Å². The van der Waals surface area contributed by atoms with Crippen molar-refractivity contribution in [2.75, 3.05) is 12.8 Å². The molecule has 2 N–H and O–H groups in total. The molecule has 1 heterocycles. The molecule has 0 aliphatic rings. The number of rotatable bonds is 4. The number of ketones is 1. The highest BCUT2D eigenvalue weighted by Crippen LogP contribution is 2.21. The van der Waals surface area contributed by atoms with Gasteiger partial charge in [0.15, 0.2) is 5.76 Å². The number of furan rings is 1. The molecular formula is C14H15NO3. The van der Waals surface area contributed by atoms with Gasteiger partial charge in [-0.1, -0.05) is 12.1 Å². The van der Waals surface area contributed by atoms with Crippen LogP contribution in [0.3, 0.4) is 0 Å². The molecule has 0 atom stereocenters. The van der Waals surface area contributed by atoms with Crippen molar-refractivity contribution >= 4 is 11.5 Å². The zero-order valence-electron chi connectivity index (χ0n) is 10.4. The first-order valence-electron chi connectivity index (χ1n) is 5.61. The highest BCUT2D eigenvalue weighted by molar-refractivity contribution is 6.11. The predicted molar refractivity (Wildman–Crippen MR) is 68.4 cm³/mol. The Morgan fingerprint density at radius 2 is 2.11 bits per heavy atom. The average molecular weight is 245 g/mol. The summed E-state index contributed by atoms with van der Waals surface area (Å²) in [5.41, 5.74) is 7.63. The summed E-state index contributed by atoms with van der Waals surface area (Å²) in [4.78, 5) is 12.3. The van der Waals surface area contributed by atoms with Gasteiger partial charge >= 0.3 is 0 Å². The molecule has 18 heavy (non-hydrogen) atoms. The molecule has 0 unspecified atom stereocenters. The van der Waals surface area contributed by atoms with Crippen LogP contribution in [0.25, 0.3) is 0 Å². The third-order valence-electron chi connectivity index (χ3n) is 2.70. The Morgan fingerprint density at radius 3 is 2.78 bits per heavy atom. The van der Waals surface area contributed by atoms with Gasteiger partial charge in [-0.3, -0.25) is 4.79 Å². The highest BCUT2D eigenvalue weighted by atomic mass is 16.5. The number of carbonyl (C=O) groups excluding carboxylic acids is 1. The van der Waals surface area contributed by atoms with Gasteiger partial charge in [0, 0.05) is 12.8 Å². The molecule has 0 radical (unpaired) electrons. The van der Waals surface area contributed by atoms with Gasteiger partial charge in [-0.05, 0) is 30.7 Å². The fraction of sp³-hybridized carbons (Fsp3) is 0.214. The lowest BCUT2D eigenvalue weighted by Crippen LogP contribution is -2.06. The number of nitrogens with two attached hydrogens (primary N) is 1. The van der Waals surface area contributed by atoms with Crippen molar-refractivity contribution in [3.63, 3.8) is 0 Å². The monoisotopic (exact) mass is 245 g/mol. The molecule has 1 aromatic carbocycles. The second kappa shape index (κ2) is 5.06. The molecule has 0 aliphatic carbocycles. The van der Waals surface area contributed by atoms with E-state index < -0.39 is 0 Å². The summed E-state index contributed by atoms with van der Waals surface area (Å²) < 4.78 is 10.4. The molecule has 1 aromatic heterocycles. The number of hydrogen-bond donors (Lipinski definition) is 1. The van der Waals surface area contributed by atoms with Crippen LogP contribution in [0.2, 0.25) is 0 Å². The first-order chi connectivity index (χ1) is 8.63. The Labute approximate surface area is 105 Å². The molecule has 0 fully saturated rings. The minimum atomic E-state index is -0.201. The number of ether oxygens (including phenoxy) is 1. The van der Waals surface area contributed by atoms with Crippen LogP contribution in [0.5, 0.6) is 0 Å². The Balaban J connectivity index is 2.35. The standard InChI is InChI=1S/C14H15NO3/c1-9-4-3-5-11(15)13(9)14(16)12-7-6-10(18-12)8-17-2/h3-7H,8,15H2,1-2H3. The summed E-state index contributed by atoms with van der Waals surface area (Å²) in [6.07, 6.45) is 0. The molecule has 0 saturated carbocycles. The van der Waals surface area contributed by atoms with Crippen LogP contribution in [0, 0.1) is 6.92 Å². The van der Waals surface area contributed by atoms with E-state index in [0.717, 1.165) is 5.56 Å². The summed E-state index contributed by atoms with van der Waals surface area (Å²) in [6.45, 7) is 2.19. The van der Waals surface area contributed by atoms with Crippen molar-refractivity contribution in [1.82, 2.24) is 0 Å². The summed E-state index contributed by atoms with van der Waals surface area (Å²) in [6, 6.07) is 8.75. The average Bonchev–Trinajstić information content (AvgIpc) is 2.78. The number of hydrogen-bond acceptors (Lipinski definition) is 4. The second-order valence-corrected chi connectivity index (χ2v) is 4.07. The van der Waals surface area contributed by atoms with Crippen molar-refractivity contribution in [3.8, 4) is 0 Å². The summed E-state index contributed by atoms with van der Waals surface area (Å²) in [7, 11) is 1.57. The molecule has 0 saturated heterocycles. The predicted octanol–water partition coefficient (Wildman–Crippen LogP) is 2.55. The van der Waals surface area contributed by atoms with Crippen LogP contribution in [-0.2, 0) is 11.3 Å². The fourth-order valence-electron chi connectivity index (χ4n) is 1.84. The van der Waals surface area contributed by atoms with Crippen LogP contribution in [0.1, 0.15) is 27.4 Å². The lowest BCUT2D eigenvalue weighted by Gasteiger charge is -2.06. The Hall–Kier alpha value is -2.07. The van der Waals surface area contributed by atoms with E-state index in [4.69, 9.17) is 14.9 Å². The number of methoxy groups -OCH3 is 1. The van der Waals surface area contributed by atoms with Crippen molar-refractivity contribution < 1.29 is 13.9 Å². The topological polar surface area (TPSA) is 65.5 Å². The molecular weight excluding hydrogens is 230 g/mol. The maximum Gasteiger partial charge on any atom is 0.230 e. The van der Waals surface area contributed by atoms with Crippen molar-refractivity contribution in [2.45, 2.75) is 13.5 Å². The minimum Gasteiger partial charge on any atom is -0.455 e. The van der Waals surface area contributed by atoms with Crippen LogP contribution in [0.15, 0.2) is 34.7 Å². The second-order valence-electron chi connectivity index (χ2n) is 4.07. The van der Waals surface area contributed by atoms with Gasteiger partial charge in [-0.25, -0.2) is 0 Å². The lowest BCUT2D eigenvalue weighted by atomic mass is 10.0. The van der Waals surface area contributed by atoms with E-state index in [-0.39, 0.29) is 11.5 Å². The number of carbonyl (C=O) groups is 1. The molecule has 0 bridgehead atoms. The van der Waals surface area contributed by atoms with Gasteiger partial charge < -0.3 is 14.9 Å². The van der Waals surface area contributed by atoms with Crippen molar-refractivity contribution in [3.05, 3.63) is 53.0 Å². The highest BCUT2D eigenvalue weighted by Gasteiger charge is 2.18. The van der Waals surface area contributed by atoms with Gasteiger partial charge in [0.25, 0.3) is 0 Å². The molecule has 4 heteroatoms. The van der Waals surface area contributed by atoms with E-state index in [1.807, 2.05) is 19.1 Å². The van der Waals surface area contributed by atoms with E-state index in [1.165, 1.54) is 0 Å². The van der Waals surface area contributed by atoms with Gasteiger partial charge in [-0.15, -0.1) is 0 Å². The molecule has 94 valence electrons. The van der Waals surface area contributed by atoms with Crippen LogP contribution >= 0.6 is 0 Å². The Kier molecular flexibility index (Phi) is 3.48. The van der Waals surface area contributed by atoms with E-state index in [1.54, 1.807) is 25.3 Å².